The van der Waals surface area contributed by atoms with Crippen LogP contribution in [0.2, 0.25) is 0 Å². The van der Waals surface area contributed by atoms with Crippen molar-refractivity contribution in [3.05, 3.63) is 193 Å². The lowest BCUT2D eigenvalue weighted by Gasteiger charge is -2.32. The molecule has 2 unspecified atom stereocenters. The van der Waals surface area contributed by atoms with Crippen molar-refractivity contribution in [3.8, 4) is 22.3 Å². The number of hydrogen-bond acceptors (Lipinski definition) is 5. The molecule has 0 saturated heterocycles. The van der Waals surface area contributed by atoms with Gasteiger partial charge in [0.05, 0.1) is 0 Å². The molecule has 2 aromatic heterocycles. The highest BCUT2D eigenvalue weighted by Gasteiger charge is 2.28. The zero-order chi connectivity index (χ0) is 35.6. The van der Waals surface area contributed by atoms with Crippen LogP contribution in [0.25, 0.3) is 76.9 Å². The Kier molecular flexibility index (Phi) is 7.00. The molecule has 5 heteroatoms. The molecule has 0 radical (unpaired) electrons. The van der Waals surface area contributed by atoms with Crippen LogP contribution in [0.4, 0.5) is 0 Å². The normalized spacial score (nSPS) is 16.0. The highest BCUT2D eigenvalue weighted by molar-refractivity contribution is 6.10. The van der Waals surface area contributed by atoms with Gasteiger partial charge in [0.2, 0.25) is 0 Å². The fraction of sp³-hybridized carbons (Fsp3) is 0.0408. The number of aliphatic imine (C=N–C) groups is 1. The summed E-state index contributed by atoms with van der Waals surface area (Å²) in [7, 11) is 0. The molecule has 3 heterocycles. The van der Waals surface area contributed by atoms with Crippen molar-refractivity contribution >= 4 is 60.5 Å². The second-order valence-corrected chi connectivity index (χ2v) is 14.0. The Balaban J connectivity index is 1.02. The molecule has 0 saturated carbocycles. The molecular weight excluding hydrogens is 663 g/mol. The molecule has 54 heavy (non-hydrogen) atoms. The molecule has 1 aliphatic heterocycles. The Morgan fingerprint density at radius 2 is 1.09 bits per heavy atom. The second kappa shape index (κ2) is 12.3. The van der Waals surface area contributed by atoms with Gasteiger partial charge in [-0.2, -0.15) is 0 Å². The highest BCUT2D eigenvalue weighted by Crippen LogP contribution is 2.39. The molecule has 8 aromatic carbocycles. The topological polar surface area (TPSA) is 62.7 Å². The highest BCUT2D eigenvalue weighted by atomic mass is 16.3. The first-order valence-corrected chi connectivity index (χ1v) is 18.3. The van der Waals surface area contributed by atoms with Crippen molar-refractivity contribution in [1.82, 2.24) is 10.6 Å². The SMILES string of the molecule is c1ccc(-c2ccc3ccc(C4=NC(c5cccc6oc7cc(-c8ccc9oc%10ccccc%10c9c8)ccc7c56)NC(c5ccccc5)N4)cc3c2)cc1. The van der Waals surface area contributed by atoms with E-state index in [0.29, 0.717) is 0 Å². The predicted molar refractivity (Wildman–Crippen MR) is 221 cm³/mol. The van der Waals surface area contributed by atoms with Crippen molar-refractivity contribution in [1.29, 1.82) is 0 Å². The van der Waals surface area contributed by atoms with E-state index in [1.165, 1.54) is 21.9 Å². The standard InChI is InChI=1S/C49H33N3O2/c1-3-10-30(11-4-1)33-20-18-31-19-21-36(27-37(31)26-33)48-50-47(32-12-5-2-6-13-32)51-49(52-48)40-15-9-17-44-46(40)39-24-22-35(29-45(39)54-44)34-23-25-43-41(28-34)38-14-7-8-16-42(38)53-43/h1-29,47,49,51H,(H,50,52). The summed E-state index contributed by atoms with van der Waals surface area (Å²) >= 11 is 0. The minimum Gasteiger partial charge on any atom is -0.456 e. The number of benzene rings is 8. The van der Waals surface area contributed by atoms with Crippen molar-refractivity contribution in [3.63, 3.8) is 0 Å². The lowest BCUT2D eigenvalue weighted by molar-refractivity contribution is 0.410. The Morgan fingerprint density at radius 3 is 1.98 bits per heavy atom. The van der Waals surface area contributed by atoms with Gasteiger partial charge in [-0.05, 0) is 87.1 Å². The summed E-state index contributed by atoms with van der Waals surface area (Å²) in [6.07, 6.45) is -0.497. The van der Waals surface area contributed by atoms with Gasteiger partial charge in [0.15, 0.2) is 0 Å². The van der Waals surface area contributed by atoms with E-state index < -0.39 is 0 Å². The smallest absolute Gasteiger partial charge is 0.136 e. The van der Waals surface area contributed by atoms with Gasteiger partial charge in [-0.15, -0.1) is 0 Å². The molecule has 2 N–H and O–H groups in total. The van der Waals surface area contributed by atoms with Crippen LogP contribution in [-0.2, 0) is 0 Å². The lowest BCUT2D eigenvalue weighted by Crippen LogP contribution is -2.45. The number of nitrogens with zero attached hydrogens (tertiary/aromatic N) is 1. The van der Waals surface area contributed by atoms with Gasteiger partial charge in [-0.1, -0.05) is 127 Å². The Morgan fingerprint density at radius 1 is 0.426 bits per heavy atom. The molecule has 0 aliphatic carbocycles. The van der Waals surface area contributed by atoms with E-state index in [0.717, 1.165) is 77.5 Å². The fourth-order valence-electron chi connectivity index (χ4n) is 8.05. The summed E-state index contributed by atoms with van der Waals surface area (Å²) in [5.41, 5.74) is 11.3. The number of rotatable bonds is 5. The molecule has 1 aliphatic rings. The average molecular weight is 696 g/mol. The third kappa shape index (κ3) is 5.17. The van der Waals surface area contributed by atoms with Crippen LogP contribution in [-0.4, -0.2) is 5.84 Å². The van der Waals surface area contributed by atoms with Crippen LogP contribution >= 0.6 is 0 Å². The summed E-state index contributed by atoms with van der Waals surface area (Å²) in [5.74, 6) is 0.842. The quantitative estimate of drug-likeness (QED) is 0.188. The van der Waals surface area contributed by atoms with Gasteiger partial charge in [0.1, 0.15) is 40.5 Å². The van der Waals surface area contributed by atoms with Crippen LogP contribution in [0.1, 0.15) is 29.0 Å². The molecule has 0 fully saturated rings. The summed E-state index contributed by atoms with van der Waals surface area (Å²) in [5, 5.41) is 14.3. The van der Waals surface area contributed by atoms with E-state index in [1.54, 1.807) is 0 Å². The van der Waals surface area contributed by atoms with Crippen LogP contribution in [0, 0.1) is 0 Å². The molecular formula is C49H33N3O2. The maximum absolute atomic E-state index is 6.60. The van der Waals surface area contributed by atoms with Crippen LogP contribution in [0.5, 0.6) is 0 Å². The number of nitrogens with one attached hydrogen (secondary N) is 2. The number of hydrogen-bond donors (Lipinski definition) is 2. The monoisotopic (exact) mass is 695 g/mol. The fourth-order valence-corrected chi connectivity index (χ4v) is 8.05. The van der Waals surface area contributed by atoms with Crippen molar-refractivity contribution in [2.45, 2.75) is 12.3 Å². The van der Waals surface area contributed by atoms with Gasteiger partial charge in [-0.3, -0.25) is 5.32 Å². The Bertz CT molecular complexity index is 3070. The lowest BCUT2D eigenvalue weighted by atomic mass is 9.98. The molecule has 2 atom stereocenters. The van der Waals surface area contributed by atoms with Crippen molar-refractivity contribution < 1.29 is 8.83 Å². The zero-order valence-electron chi connectivity index (χ0n) is 29.2. The Hall–Kier alpha value is -6.95. The van der Waals surface area contributed by atoms with E-state index in [4.69, 9.17) is 13.8 Å². The van der Waals surface area contributed by atoms with Gasteiger partial charge in [0.25, 0.3) is 0 Å². The van der Waals surface area contributed by atoms with Crippen molar-refractivity contribution in [2.24, 2.45) is 4.99 Å². The Labute approximate surface area is 311 Å². The van der Waals surface area contributed by atoms with Gasteiger partial charge in [-0.25, -0.2) is 4.99 Å². The largest absolute Gasteiger partial charge is 0.456 e. The van der Waals surface area contributed by atoms with Crippen LogP contribution in [0.3, 0.4) is 0 Å². The molecule has 0 amide bonds. The van der Waals surface area contributed by atoms with Gasteiger partial charge >= 0.3 is 0 Å². The van der Waals surface area contributed by atoms with E-state index in [9.17, 15) is 0 Å². The summed E-state index contributed by atoms with van der Waals surface area (Å²) in [6.45, 7) is 0. The van der Waals surface area contributed by atoms with Crippen LogP contribution < -0.4 is 10.6 Å². The summed E-state index contributed by atoms with van der Waals surface area (Å²) in [6, 6.07) is 61.7. The first kappa shape index (κ1) is 30.7. The molecule has 0 bridgehead atoms. The zero-order valence-corrected chi connectivity index (χ0v) is 29.2. The maximum Gasteiger partial charge on any atom is 0.136 e. The third-order valence-electron chi connectivity index (χ3n) is 10.8. The van der Waals surface area contributed by atoms with E-state index in [-0.39, 0.29) is 12.3 Å². The minimum atomic E-state index is -0.334. The predicted octanol–water partition coefficient (Wildman–Crippen LogP) is 12.3. The first-order valence-electron chi connectivity index (χ1n) is 18.3. The van der Waals surface area contributed by atoms with E-state index >= 15 is 0 Å². The molecule has 256 valence electrons. The number of amidine groups is 1. The van der Waals surface area contributed by atoms with E-state index in [1.807, 2.05) is 12.1 Å². The number of fused-ring (bicyclic) bond motifs is 7. The third-order valence-corrected chi connectivity index (χ3v) is 10.8. The summed E-state index contributed by atoms with van der Waals surface area (Å²) < 4.78 is 12.7. The number of furan rings is 2. The molecule has 10 aromatic rings. The second-order valence-electron chi connectivity index (χ2n) is 14.0. The molecule has 11 rings (SSSR count). The molecule has 5 nitrogen and oxygen atoms in total. The van der Waals surface area contributed by atoms with Gasteiger partial charge in [0, 0.05) is 32.7 Å². The van der Waals surface area contributed by atoms with Crippen molar-refractivity contribution in [2.75, 3.05) is 0 Å². The van der Waals surface area contributed by atoms with Gasteiger partial charge < -0.3 is 14.2 Å². The van der Waals surface area contributed by atoms with Crippen LogP contribution in [0.15, 0.2) is 190 Å². The minimum absolute atomic E-state index is 0.163. The average Bonchev–Trinajstić information content (AvgIpc) is 3.81. The number of para-hydroxylation sites is 1. The van der Waals surface area contributed by atoms with E-state index in [2.05, 4.69) is 174 Å². The first-order chi connectivity index (χ1) is 26.7. The summed E-state index contributed by atoms with van der Waals surface area (Å²) in [4.78, 5) is 5.38. The molecule has 0 spiro atoms. The maximum atomic E-state index is 6.60.